The Hall–Kier alpha value is -2.52. The van der Waals surface area contributed by atoms with E-state index in [1.54, 1.807) is 24.3 Å². The summed E-state index contributed by atoms with van der Waals surface area (Å²) in [6.45, 7) is 1.08. The van der Waals surface area contributed by atoms with Gasteiger partial charge in [-0.15, -0.1) is 0 Å². The average Bonchev–Trinajstić information content (AvgIpc) is 3.19. The van der Waals surface area contributed by atoms with Crippen LogP contribution in [0, 0.1) is 0 Å². The van der Waals surface area contributed by atoms with Gasteiger partial charge in [-0.3, -0.25) is 9.59 Å². The van der Waals surface area contributed by atoms with E-state index in [4.69, 9.17) is 4.74 Å². The number of anilines is 1. The van der Waals surface area contributed by atoms with Crippen LogP contribution in [0.25, 0.3) is 0 Å². The van der Waals surface area contributed by atoms with Gasteiger partial charge in [-0.1, -0.05) is 12.1 Å². The molecule has 0 spiro atoms. The highest BCUT2D eigenvalue weighted by atomic mass is 32.2. The van der Waals surface area contributed by atoms with Crippen molar-refractivity contribution in [2.45, 2.75) is 29.3 Å². The lowest BCUT2D eigenvalue weighted by molar-refractivity contribution is -0.0328. The molecule has 1 unspecified atom stereocenters. The third-order valence-electron chi connectivity index (χ3n) is 4.28. The molecule has 2 N–H and O–H groups in total. The highest BCUT2D eigenvalue weighted by Crippen LogP contribution is 2.36. The Labute approximate surface area is 170 Å². The second kappa shape index (κ2) is 9.32. The van der Waals surface area contributed by atoms with Crippen LogP contribution in [0.15, 0.2) is 53.4 Å². The van der Waals surface area contributed by atoms with E-state index in [1.807, 2.05) is 0 Å². The third-order valence-corrected chi connectivity index (χ3v) is 5.02. The van der Waals surface area contributed by atoms with Crippen molar-refractivity contribution in [1.29, 1.82) is 0 Å². The minimum atomic E-state index is -4.39. The van der Waals surface area contributed by atoms with Crippen LogP contribution in [0.5, 0.6) is 0 Å². The van der Waals surface area contributed by atoms with E-state index in [1.165, 1.54) is 24.3 Å². The molecule has 1 aliphatic heterocycles. The Morgan fingerprint density at radius 1 is 1.07 bits per heavy atom. The quantitative estimate of drug-likeness (QED) is 0.672. The van der Waals surface area contributed by atoms with Crippen LogP contribution >= 0.6 is 11.8 Å². The number of ether oxygens (including phenoxy) is 1. The van der Waals surface area contributed by atoms with E-state index in [-0.39, 0.29) is 34.2 Å². The molecule has 0 aromatic heterocycles. The van der Waals surface area contributed by atoms with Gasteiger partial charge in [0.1, 0.15) is 0 Å². The first-order valence-corrected chi connectivity index (χ1v) is 9.79. The summed E-state index contributed by atoms with van der Waals surface area (Å²) >= 11 is -0.248. The summed E-state index contributed by atoms with van der Waals surface area (Å²) in [5.74, 6) is -0.860. The zero-order valence-electron chi connectivity index (χ0n) is 15.3. The van der Waals surface area contributed by atoms with Crippen molar-refractivity contribution in [2.24, 2.45) is 0 Å². The minimum Gasteiger partial charge on any atom is -0.376 e. The second-order valence-corrected chi connectivity index (χ2v) is 7.56. The Balaban J connectivity index is 1.65. The van der Waals surface area contributed by atoms with E-state index < -0.39 is 11.4 Å². The summed E-state index contributed by atoms with van der Waals surface area (Å²) in [5, 5.41) is 5.44. The highest BCUT2D eigenvalue weighted by Gasteiger charge is 2.29. The van der Waals surface area contributed by atoms with Gasteiger partial charge in [0, 0.05) is 23.6 Å². The van der Waals surface area contributed by atoms with E-state index in [0.717, 1.165) is 12.8 Å². The number of hydrogen-bond donors (Lipinski definition) is 2. The van der Waals surface area contributed by atoms with Crippen molar-refractivity contribution in [3.05, 3.63) is 59.7 Å². The molecule has 1 aliphatic rings. The summed E-state index contributed by atoms with van der Waals surface area (Å²) < 4.78 is 42.7. The molecular weight excluding hydrogens is 405 g/mol. The monoisotopic (exact) mass is 424 g/mol. The molecule has 29 heavy (non-hydrogen) atoms. The van der Waals surface area contributed by atoms with Gasteiger partial charge in [0.2, 0.25) is 0 Å². The van der Waals surface area contributed by atoms with E-state index >= 15 is 0 Å². The smallest absolute Gasteiger partial charge is 0.376 e. The predicted octanol–water partition coefficient (Wildman–Crippen LogP) is 4.46. The topological polar surface area (TPSA) is 67.4 Å². The molecule has 1 saturated heterocycles. The van der Waals surface area contributed by atoms with Crippen LogP contribution in [0.4, 0.5) is 18.9 Å². The molecule has 2 amide bonds. The molecule has 1 atom stereocenters. The SMILES string of the molecule is O=C(Nc1ccccc1C(=O)NCC1CCCO1)c1ccc(SC(F)(F)F)cc1. The van der Waals surface area contributed by atoms with Crippen molar-refractivity contribution >= 4 is 29.3 Å². The number of thioether (sulfide) groups is 1. The zero-order valence-corrected chi connectivity index (χ0v) is 16.1. The van der Waals surface area contributed by atoms with Gasteiger partial charge in [0.15, 0.2) is 0 Å². The summed E-state index contributed by atoms with van der Waals surface area (Å²) in [7, 11) is 0. The molecule has 1 heterocycles. The molecule has 0 saturated carbocycles. The van der Waals surface area contributed by atoms with E-state index in [9.17, 15) is 22.8 Å². The van der Waals surface area contributed by atoms with Gasteiger partial charge in [0.25, 0.3) is 11.8 Å². The Morgan fingerprint density at radius 2 is 1.79 bits per heavy atom. The number of nitrogens with one attached hydrogen (secondary N) is 2. The fourth-order valence-corrected chi connectivity index (χ4v) is 3.44. The molecule has 2 aromatic rings. The molecule has 0 bridgehead atoms. The fourth-order valence-electron chi connectivity index (χ4n) is 2.90. The minimum absolute atomic E-state index is 0.00575. The molecular formula is C20H19F3N2O3S. The molecule has 1 fully saturated rings. The number of halogens is 3. The lowest BCUT2D eigenvalue weighted by Crippen LogP contribution is -2.32. The predicted molar refractivity (Wildman–Crippen MR) is 104 cm³/mol. The molecule has 0 radical (unpaired) electrons. The summed E-state index contributed by atoms with van der Waals surface area (Å²) in [4.78, 5) is 24.9. The number of amides is 2. The van der Waals surface area contributed by atoms with Crippen LogP contribution in [0.2, 0.25) is 0 Å². The maximum atomic E-state index is 12.5. The van der Waals surface area contributed by atoms with Crippen molar-refractivity contribution in [3.8, 4) is 0 Å². The summed E-state index contributed by atoms with van der Waals surface area (Å²) in [6.07, 6.45) is 1.85. The summed E-state index contributed by atoms with van der Waals surface area (Å²) in [5.41, 5.74) is -3.59. The van der Waals surface area contributed by atoms with Crippen LogP contribution in [0.1, 0.15) is 33.6 Å². The first-order valence-electron chi connectivity index (χ1n) is 8.98. The Kier molecular flexibility index (Phi) is 6.81. The van der Waals surface area contributed by atoms with Crippen LogP contribution < -0.4 is 10.6 Å². The van der Waals surface area contributed by atoms with Gasteiger partial charge in [-0.2, -0.15) is 13.2 Å². The standard InChI is InChI=1S/C20H19F3N2O3S/c21-20(22,23)29-15-9-7-13(8-10-15)18(26)25-17-6-2-1-5-16(17)19(27)24-12-14-4-3-11-28-14/h1-2,5-10,14H,3-4,11-12H2,(H,24,27)(H,25,26). The van der Waals surface area contributed by atoms with Gasteiger partial charge < -0.3 is 15.4 Å². The molecule has 3 rings (SSSR count). The van der Waals surface area contributed by atoms with Crippen molar-refractivity contribution in [2.75, 3.05) is 18.5 Å². The number of hydrogen-bond acceptors (Lipinski definition) is 4. The molecule has 5 nitrogen and oxygen atoms in total. The first-order chi connectivity index (χ1) is 13.8. The van der Waals surface area contributed by atoms with E-state index in [2.05, 4.69) is 10.6 Å². The lowest BCUT2D eigenvalue weighted by Gasteiger charge is -2.14. The Bertz CT molecular complexity index is 866. The maximum absolute atomic E-state index is 12.5. The molecule has 154 valence electrons. The maximum Gasteiger partial charge on any atom is 0.446 e. The highest BCUT2D eigenvalue weighted by molar-refractivity contribution is 8.00. The van der Waals surface area contributed by atoms with Gasteiger partial charge in [-0.05, 0) is 61.0 Å². The molecule has 9 heteroatoms. The summed E-state index contributed by atoms with van der Waals surface area (Å²) in [6, 6.07) is 11.6. The van der Waals surface area contributed by atoms with Crippen LogP contribution in [0.3, 0.4) is 0 Å². The van der Waals surface area contributed by atoms with Crippen LogP contribution in [-0.2, 0) is 4.74 Å². The van der Waals surface area contributed by atoms with Gasteiger partial charge in [0.05, 0.1) is 17.4 Å². The number of carbonyl (C=O) groups excluding carboxylic acids is 2. The van der Waals surface area contributed by atoms with Crippen molar-refractivity contribution in [3.63, 3.8) is 0 Å². The van der Waals surface area contributed by atoms with Crippen molar-refractivity contribution < 1.29 is 27.5 Å². The fraction of sp³-hybridized carbons (Fsp3) is 0.300. The number of benzene rings is 2. The van der Waals surface area contributed by atoms with Gasteiger partial charge in [-0.25, -0.2) is 0 Å². The lowest BCUT2D eigenvalue weighted by atomic mass is 10.1. The third kappa shape index (κ3) is 6.23. The molecule has 0 aliphatic carbocycles. The number of rotatable bonds is 6. The Morgan fingerprint density at radius 3 is 2.45 bits per heavy atom. The number of para-hydroxylation sites is 1. The van der Waals surface area contributed by atoms with Crippen LogP contribution in [-0.4, -0.2) is 36.6 Å². The molecule has 2 aromatic carbocycles. The van der Waals surface area contributed by atoms with E-state index in [0.29, 0.717) is 24.4 Å². The second-order valence-electron chi connectivity index (χ2n) is 6.42. The number of alkyl halides is 3. The largest absolute Gasteiger partial charge is 0.446 e. The van der Waals surface area contributed by atoms with Crippen molar-refractivity contribution in [1.82, 2.24) is 5.32 Å². The number of carbonyl (C=O) groups is 2. The average molecular weight is 424 g/mol. The van der Waals surface area contributed by atoms with Gasteiger partial charge >= 0.3 is 5.51 Å². The first kappa shape index (κ1) is 21.2. The normalized spacial score (nSPS) is 16.4. The zero-order chi connectivity index (χ0) is 20.9.